The van der Waals surface area contributed by atoms with Gasteiger partial charge in [-0.05, 0) is 41.0 Å². The first-order chi connectivity index (χ1) is 18.6. The summed E-state index contributed by atoms with van der Waals surface area (Å²) in [6, 6.07) is 23.0. The van der Waals surface area contributed by atoms with Gasteiger partial charge < -0.3 is 19.9 Å². The zero-order valence-electron chi connectivity index (χ0n) is 21.2. The first kappa shape index (κ1) is 25.0. The van der Waals surface area contributed by atoms with Crippen molar-refractivity contribution in [3.63, 3.8) is 0 Å². The van der Waals surface area contributed by atoms with E-state index in [1.807, 2.05) is 65.6 Å². The van der Waals surface area contributed by atoms with Gasteiger partial charge in [-0.25, -0.2) is 9.78 Å². The van der Waals surface area contributed by atoms with Crippen molar-refractivity contribution in [1.82, 2.24) is 14.9 Å². The number of methoxy groups -OCH3 is 1. The highest BCUT2D eigenvalue weighted by Gasteiger charge is 2.23. The molecule has 0 atom stereocenters. The molecule has 1 fully saturated rings. The summed E-state index contributed by atoms with van der Waals surface area (Å²) < 4.78 is 5.09. The van der Waals surface area contributed by atoms with Crippen LogP contribution in [0.4, 0.5) is 11.5 Å². The van der Waals surface area contributed by atoms with Gasteiger partial charge in [-0.1, -0.05) is 48.5 Å². The lowest BCUT2D eigenvalue weighted by molar-refractivity contribution is 0.0600. The molecular weight excluding hydrogens is 478 g/mol. The molecule has 2 aromatic heterocycles. The number of nitrogens with one attached hydrogen (secondary N) is 1. The number of hydrogen-bond acceptors (Lipinski definition) is 7. The molecule has 4 aromatic rings. The number of aromatic nitrogens is 2. The Morgan fingerprint density at radius 3 is 2.34 bits per heavy atom. The number of piperazine rings is 1. The fraction of sp³-hybridized carbons (Fsp3) is 0.200. The maximum atomic E-state index is 13.0. The van der Waals surface area contributed by atoms with Gasteiger partial charge in [0.15, 0.2) is 0 Å². The molecule has 0 saturated carbocycles. The maximum absolute atomic E-state index is 13.0. The molecule has 0 aliphatic carbocycles. The molecule has 8 nitrogen and oxygen atoms in total. The summed E-state index contributed by atoms with van der Waals surface area (Å²) in [5.41, 5.74) is 4.74. The summed E-state index contributed by atoms with van der Waals surface area (Å²) >= 11 is 0. The smallest absolute Gasteiger partial charge is 0.338 e. The lowest BCUT2D eigenvalue weighted by Gasteiger charge is -2.36. The molecule has 3 heterocycles. The number of anilines is 2. The molecule has 192 valence electrons. The van der Waals surface area contributed by atoms with E-state index in [0.29, 0.717) is 36.6 Å². The van der Waals surface area contributed by atoms with Gasteiger partial charge in [-0.15, -0.1) is 0 Å². The van der Waals surface area contributed by atoms with Crippen LogP contribution in [0.25, 0.3) is 11.1 Å². The van der Waals surface area contributed by atoms with E-state index in [1.54, 1.807) is 30.7 Å². The number of amides is 1. The number of carbonyl (C=O) groups is 2. The third kappa shape index (κ3) is 5.49. The van der Waals surface area contributed by atoms with Crippen molar-refractivity contribution >= 4 is 23.4 Å². The Morgan fingerprint density at radius 2 is 1.66 bits per heavy atom. The summed E-state index contributed by atoms with van der Waals surface area (Å²) in [6.45, 7) is 3.22. The number of benzene rings is 2. The summed E-state index contributed by atoms with van der Waals surface area (Å²) in [5.74, 6) is 0.200. The number of pyridine rings is 2. The molecule has 38 heavy (non-hydrogen) atoms. The zero-order chi connectivity index (χ0) is 26.3. The average molecular weight is 508 g/mol. The molecule has 1 amide bonds. The second-order valence-corrected chi connectivity index (χ2v) is 8.97. The molecular formula is C30H29N5O3. The third-order valence-electron chi connectivity index (χ3n) is 6.69. The van der Waals surface area contributed by atoms with E-state index in [0.717, 1.165) is 35.5 Å². The highest BCUT2D eigenvalue weighted by atomic mass is 16.5. The summed E-state index contributed by atoms with van der Waals surface area (Å²) in [5, 5.41) is 3.27. The molecule has 0 spiro atoms. The standard InChI is InChI=1S/C30H29N5O3/c1-38-30(37)28-23(8-5-9-26(28)22-6-3-2-4-7-22)20-32-27-11-10-24(21-33-27)29(36)35-18-16-34(17-19-35)25-12-14-31-15-13-25/h2-15,21H,16-20H2,1H3,(H,32,33). The summed E-state index contributed by atoms with van der Waals surface area (Å²) in [4.78, 5) is 38.4. The van der Waals surface area contributed by atoms with Crippen LogP contribution in [0.2, 0.25) is 0 Å². The molecule has 0 unspecified atom stereocenters. The van der Waals surface area contributed by atoms with Gasteiger partial charge in [0.2, 0.25) is 0 Å². The fourth-order valence-corrected chi connectivity index (χ4v) is 4.66. The minimum absolute atomic E-state index is 0.0260. The Bertz CT molecular complexity index is 1390. The lowest BCUT2D eigenvalue weighted by atomic mass is 9.95. The largest absolute Gasteiger partial charge is 0.465 e. The molecule has 1 aliphatic heterocycles. The van der Waals surface area contributed by atoms with Gasteiger partial charge in [0.1, 0.15) is 5.82 Å². The van der Waals surface area contributed by atoms with E-state index in [9.17, 15) is 9.59 Å². The molecule has 0 bridgehead atoms. The van der Waals surface area contributed by atoms with Crippen molar-refractivity contribution in [2.75, 3.05) is 43.5 Å². The predicted molar refractivity (Wildman–Crippen MR) is 147 cm³/mol. The van der Waals surface area contributed by atoms with Crippen LogP contribution in [0, 0.1) is 0 Å². The molecule has 5 rings (SSSR count). The van der Waals surface area contributed by atoms with Crippen LogP contribution in [0.3, 0.4) is 0 Å². The van der Waals surface area contributed by atoms with Crippen LogP contribution < -0.4 is 10.2 Å². The monoisotopic (exact) mass is 507 g/mol. The highest BCUT2D eigenvalue weighted by molar-refractivity contribution is 5.99. The van der Waals surface area contributed by atoms with Crippen molar-refractivity contribution < 1.29 is 14.3 Å². The first-order valence-corrected chi connectivity index (χ1v) is 12.5. The highest BCUT2D eigenvalue weighted by Crippen LogP contribution is 2.27. The van der Waals surface area contributed by atoms with E-state index >= 15 is 0 Å². The SMILES string of the molecule is COC(=O)c1c(CNc2ccc(C(=O)N3CCN(c4ccncc4)CC3)cn2)cccc1-c1ccccc1. The Balaban J connectivity index is 1.24. The van der Waals surface area contributed by atoms with E-state index in [4.69, 9.17) is 4.74 Å². The second-order valence-electron chi connectivity index (χ2n) is 8.97. The molecule has 1 N–H and O–H groups in total. The average Bonchev–Trinajstić information content (AvgIpc) is 3.00. The summed E-state index contributed by atoms with van der Waals surface area (Å²) in [7, 11) is 1.39. The third-order valence-corrected chi connectivity index (χ3v) is 6.69. The van der Waals surface area contributed by atoms with Gasteiger partial charge in [0, 0.05) is 57.0 Å². The van der Waals surface area contributed by atoms with Crippen LogP contribution in [0.1, 0.15) is 26.3 Å². The van der Waals surface area contributed by atoms with Crippen molar-refractivity contribution in [2.45, 2.75) is 6.54 Å². The normalized spacial score (nSPS) is 13.2. The Kier molecular flexibility index (Phi) is 7.59. The van der Waals surface area contributed by atoms with E-state index < -0.39 is 0 Å². The zero-order valence-corrected chi connectivity index (χ0v) is 21.2. The number of carbonyl (C=O) groups excluding carboxylic acids is 2. The number of esters is 1. The summed E-state index contributed by atoms with van der Waals surface area (Å²) in [6.07, 6.45) is 5.16. The molecule has 0 radical (unpaired) electrons. The second kappa shape index (κ2) is 11.6. The van der Waals surface area contributed by atoms with Crippen molar-refractivity contribution in [1.29, 1.82) is 0 Å². The van der Waals surface area contributed by atoms with E-state index in [1.165, 1.54) is 7.11 Å². The maximum Gasteiger partial charge on any atom is 0.338 e. The molecule has 1 saturated heterocycles. The van der Waals surface area contributed by atoms with Gasteiger partial charge in [0.25, 0.3) is 5.91 Å². The minimum atomic E-state index is -0.390. The van der Waals surface area contributed by atoms with Crippen LogP contribution in [0.5, 0.6) is 0 Å². The minimum Gasteiger partial charge on any atom is -0.465 e. The Labute approximate surface area is 221 Å². The quantitative estimate of drug-likeness (QED) is 0.369. The number of rotatable bonds is 7. The van der Waals surface area contributed by atoms with Gasteiger partial charge in [-0.2, -0.15) is 0 Å². The molecule has 8 heteroatoms. The predicted octanol–water partition coefficient (Wildman–Crippen LogP) is 4.50. The fourth-order valence-electron chi connectivity index (χ4n) is 4.66. The lowest BCUT2D eigenvalue weighted by Crippen LogP contribution is -2.48. The van der Waals surface area contributed by atoms with E-state index in [2.05, 4.69) is 20.2 Å². The molecule has 2 aromatic carbocycles. The van der Waals surface area contributed by atoms with Crippen molar-refractivity contribution in [2.24, 2.45) is 0 Å². The topological polar surface area (TPSA) is 87.7 Å². The van der Waals surface area contributed by atoms with Crippen LogP contribution in [-0.2, 0) is 11.3 Å². The van der Waals surface area contributed by atoms with Gasteiger partial charge in [-0.3, -0.25) is 9.78 Å². The van der Waals surface area contributed by atoms with Crippen molar-refractivity contribution in [3.05, 3.63) is 108 Å². The van der Waals surface area contributed by atoms with Crippen molar-refractivity contribution in [3.8, 4) is 11.1 Å². The number of ether oxygens (including phenoxy) is 1. The number of hydrogen-bond donors (Lipinski definition) is 1. The van der Waals surface area contributed by atoms with Crippen LogP contribution in [-0.4, -0.2) is 60.0 Å². The van der Waals surface area contributed by atoms with Crippen LogP contribution >= 0.6 is 0 Å². The Hall–Kier alpha value is -4.72. The van der Waals surface area contributed by atoms with Gasteiger partial charge in [0.05, 0.1) is 18.2 Å². The van der Waals surface area contributed by atoms with E-state index in [-0.39, 0.29) is 11.9 Å². The first-order valence-electron chi connectivity index (χ1n) is 12.5. The molecule has 1 aliphatic rings. The van der Waals surface area contributed by atoms with Crippen LogP contribution in [0.15, 0.2) is 91.4 Å². The van der Waals surface area contributed by atoms with Gasteiger partial charge >= 0.3 is 5.97 Å². The Morgan fingerprint density at radius 1 is 0.895 bits per heavy atom. The number of nitrogens with zero attached hydrogens (tertiary/aromatic N) is 4.